The fourth-order valence-corrected chi connectivity index (χ4v) is 4.97. The smallest absolute Gasteiger partial charge is 0.407 e. The predicted octanol–water partition coefficient (Wildman–Crippen LogP) is 6.60. The van der Waals surface area contributed by atoms with Gasteiger partial charge in [-0.2, -0.15) is 0 Å². The topological polar surface area (TPSA) is 54.1 Å². The van der Waals surface area contributed by atoms with Gasteiger partial charge in [0.15, 0.2) is 0 Å². The number of aromatic amines is 1. The number of nitrogens with one attached hydrogen (secondary N) is 2. The zero-order valence-electron chi connectivity index (χ0n) is 19.2. The maximum absolute atomic E-state index is 12.3. The quantitative estimate of drug-likeness (QED) is 0.236. The molecule has 2 N–H and O–H groups in total. The molecule has 4 heteroatoms. The maximum atomic E-state index is 12.3. The summed E-state index contributed by atoms with van der Waals surface area (Å²) in [5.74, 6) is 6.40. The first-order chi connectivity index (χ1) is 17.3. The number of carbonyl (C=O) groups excluding carboxylic acids is 1. The van der Waals surface area contributed by atoms with Gasteiger partial charge in [-0.1, -0.05) is 84.6 Å². The van der Waals surface area contributed by atoms with Gasteiger partial charge in [0.25, 0.3) is 0 Å². The van der Waals surface area contributed by atoms with Gasteiger partial charge in [0.2, 0.25) is 0 Å². The number of amides is 1. The molecule has 1 aliphatic carbocycles. The predicted molar refractivity (Wildman–Crippen MR) is 140 cm³/mol. The molecule has 0 radical (unpaired) electrons. The first-order valence-corrected chi connectivity index (χ1v) is 11.9. The average molecular weight is 457 g/mol. The minimum absolute atomic E-state index is 0.0625. The molecule has 0 aliphatic heterocycles. The zero-order chi connectivity index (χ0) is 23.6. The Labute approximate surface area is 203 Å². The summed E-state index contributed by atoms with van der Waals surface area (Å²) in [4.78, 5) is 15.7. The molecular formula is C31H24N2O2. The molecule has 0 atom stereocenters. The van der Waals surface area contributed by atoms with Crippen LogP contribution in [-0.4, -0.2) is 24.2 Å². The van der Waals surface area contributed by atoms with Gasteiger partial charge >= 0.3 is 6.09 Å². The van der Waals surface area contributed by atoms with Crippen molar-refractivity contribution in [3.63, 3.8) is 0 Å². The van der Waals surface area contributed by atoms with E-state index in [1.54, 1.807) is 0 Å². The van der Waals surface area contributed by atoms with Crippen molar-refractivity contribution in [3.05, 3.63) is 108 Å². The van der Waals surface area contributed by atoms with Gasteiger partial charge in [-0.05, 0) is 40.5 Å². The molecule has 5 aromatic rings. The Morgan fingerprint density at radius 3 is 2.31 bits per heavy atom. The van der Waals surface area contributed by atoms with E-state index in [1.807, 2.05) is 42.5 Å². The highest BCUT2D eigenvalue weighted by Gasteiger charge is 2.28. The van der Waals surface area contributed by atoms with Crippen molar-refractivity contribution >= 4 is 27.9 Å². The van der Waals surface area contributed by atoms with E-state index in [0.717, 1.165) is 16.6 Å². The van der Waals surface area contributed by atoms with Gasteiger partial charge in [0.1, 0.15) is 6.61 Å². The van der Waals surface area contributed by atoms with Gasteiger partial charge in [0, 0.05) is 46.3 Å². The Bertz CT molecular complexity index is 1570. The van der Waals surface area contributed by atoms with Crippen LogP contribution in [0.4, 0.5) is 4.79 Å². The Kier molecular flexibility index (Phi) is 5.44. The molecule has 170 valence electrons. The van der Waals surface area contributed by atoms with Crippen LogP contribution in [0.15, 0.2) is 91.0 Å². The van der Waals surface area contributed by atoms with Crippen molar-refractivity contribution in [2.45, 2.75) is 12.3 Å². The van der Waals surface area contributed by atoms with Crippen LogP contribution < -0.4 is 5.32 Å². The maximum Gasteiger partial charge on any atom is 0.407 e. The number of H-pyrrole nitrogens is 1. The van der Waals surface area contributed by atoms with Crippen LogP contribution in [0, 0.1) is 11.8 Å². The van der Waals surface area contributed by atoms with Crippen LogP contribution in [0.1, 0.15) is 29.0 Å². The van der Waals surface area contributed by atoms with Crippen LogP contribution in [0.3, 0.4) is 0 Å². The van der Waals surface area contributed by atoms with E-state index in [-0.39, 0.29) is 5.92 Å². The molecule has 1 heterocycles. The van der Waals surface area contributed by atoms with Gasteiger partial charge in [-0.15, -0.1) is 0 Å². The Morgan fingerprint density at radius 2 is 1.51 bits per heavy atom. The minimum Gasteiger partial charge on any atom is -0.449 e. The van der Waals surface area contributed by atoms with Gasteiger partial charge in [-0.25, -0.2) is 4.79 Å². The van der Waals surface area contributed by atoms with E-state index in [0.29, 0.717) is 19.6 Å². The highest BCUT2D eigenvalue weighted by Crippen LogP contribution is 2.44. The molecule has 1 aliphatic rings. The monoisotopic (exact) mass is 456 g/mol. The molecule has 0 spiro atoms. The summed E-state index contributed by atoms with van der Waals surface area (Å²) < 4.78 is 5.58. The number of hydrogen-bond donors (Lipinski definition) is 2. The second kappa shape index (κ2) is 9.04. The molecule has 0 saturated heterocycles. The molecule has 0 saturated carbocycles. The van der Waals surface area contributed by atoms with E-state index in [1.165, 1.54) is 33.0 Å². The highest BCUT2D eigenvalue weighted by molar-refractivity contribution is 6.07. The largest absolute Gasteiger partial charge is 0.449 e. The molecule has 35 heavy (non-hydrogen) atoms. The third-order valence-corrected chi connectivity index (χ3v) is 6.60. The molecule has 6 rings (SSSR count). The van der Waals surface area contributed by atoms with Crippen LogP contribution in [-0.2, 0) is 4.74 Å². The molecular weight excluding hydrogens is 432 g/mol. The number of hydrogen-bond acceptors (Lipinski definition) is 2. The minimum atomic E-state index is -0.409. The van der Waals surface area contributed by atoms with Crippen molar-refractivity contribution in [2.75, 3.05) is 13.2 Å². The normalized spacial score (nSPS) is 12.1. The van der Waals surface area contributed by atoms with Crippen LogP contribution in [0.25, 0.3) is 32.9 Å². The standard InChI is InChI=1S/C31H24N2O2/c34-31(35-20-28-24-12-3-1-10-22(24)23-11-2-4-13-25(23)28)32-18-8-7-9-21-16-17-27-26-14-5-6-15-29(26)33-30(27)19-21/h1-6,10-17,19,28,33H,8,18,20H2,(H,32,34). The SMILES string of the molecule is O=C(NCCC#Cc1ccc2c(c1)[nH]c1ccccc12)OCC1c2ccccc2-c2ccccc21. The second-order valence-corrected chi connectivity index (χ2v) is 8.74. The average Bonchev–Trinajstić information content (AvgIpc) is 3.42. The Balaban J connectivity index is 1.03. The van der Waals surface area contributed by atoms with Gasteiger partial charge < -0.3 is 15.0 Å². The van der Waals surface area contributed by atoms with E-state index < -0.39 is 6.09 Å². The fraction of sp³-hybridized carbons (Fsp3) is 0.129. The molecule has 1 amide bonds. The molecule has 1 aromatic heterocycles. The lowest BCUT2D eigenvalue weighted by Gasteiger charge is -2.14. The van der Waals surface area contributed by atoms with Crippen molar-refractivity contribution < 1.29 is 9.53 Å². The van der Waals surface area contributed by atoms with Gasteiger partial charge in [-0.3, -0.25) is 0 Å². The fourth-order valence-electron chi connectivity index (χ4n) is 4.97. The second-order valence-electron chi connectivity index (χ2n) is 8.74. The summed E-state index contributed by atoms with van der Waals surface area (Å²) >= 11 is 0. The first kappa shape index (κ1) is 21.1. The lowest BCUT2D eigenvalue weighted by molar-refractivity contribution is 0.143. The number of para-hydroxylation sites is 1. The third kappa shape index (κ3) is 4.02. The summed E-state index contributed by atoms with van der Waals surface area (Å²) in [5.41, 5.74) is 8.01. The summed E-state index contributed by atoms with van der Waals surface area (Å²) in [6, 6.07) is 31.1. The van der Waals surface area contributed by atoms with Crippen molar-refractivity contribution in [3.8, 4) is 23.0 Å². The molecule has 0 bridgehead atoms. The molecule has 4 nitrogen and oxygen atoms in total. The van der Waals surface area contributed by atoms with Gasteiger partial charge in [0.05, 0.1) is 0 Å². The molecule has 0 fully saturated rings. The summed E-state index contributed by atoms with van der Waals surface area (Å²) in [7, 11) is 0. The number of aromatic nitrogens is 1. The van der Waals surface area contributed by atoms with E-state index in [4.69, 9.17) is 4.74 Å². The number of ether oxygens (including phenoxy) is 1. The number of rotatable bonds is 4. The van der Waals surface area contributed by atoms with Crippen LogP contribution >= 0.6 is 0 Å². The van der Waals surface area contributed by atoms with E-state index >= 15 is 0 Å². The number of carbonyl (C=O) groups is 1. The lowest BCUT2D eigenvalue weighted by Crippen LogP contribution is -2.26. The summed E-state index contributed by atoms with van der Waals surface area (Å²) in [5, 5.41) is 5.23. The zero-order valence-corrected chi connectivity index (χ0v) is 19.2. The highest BCUT2D eigenvalue weighted by atomic mass is 16.5. The van der Waals surface area contributed by atoms with Crippen LogP contribution in [0.5, 0.6) is 0 Å². The van der Waals surface area contributed by atoms with E-state index in [2.05, 4.69) is 70.7 Å². The Morgan fingerprint density at radius 1 is 0.829 bits per heavy atom. The number of alkyl carbamates (subject to hydrolysis) is 1. The van der Waals surface area contributed by atoms with E-state index in [9.17, 15) is 4.79 Å². The lowest BCUT2D eigenvalue weighted by atomic mass is 9.98. The first-order valence-electron chi connectivity index (χ1n) is 11.9. The summed E-state index contributed by atoms with van der Waals surface area (Å²) in [6.07, 6.45) is 0.141. The van der Waals surface area contributed by atoms with Crippen molar-refractivity contribution in [1.29, 1.82) is 0 Å². The molecule has 4 aromatic carbocycles. The Hall–Kier alpha value is -4.49. The number of fused-ring (bicyclic) bond motifs is 6. The molecule has 0 unspecified atom stereocenters. The van der Waals surface area contributed by atoms with Crippen molar-refractivity contribution in [2.24, 2.45) is 0 Å². The summed E-state index contributed by atoms with van der Waals surface area (Å²) in [6.45, 7) is 0.758. The van der Waals surface area contributed by atoms with Crippen molar-refractivity contribution in [1.82, 2.24) is 10.3 Å². The van der Waals surface area contributed by atoms with Crippen LogP contribution in [0.2, 0.25) is 0 Å². The third-order valence-electron chi connectivity index (χ3n) is 6.60. The number of benzene rings is 4.